The summed E-state index contributed by atoms with van der Waals surface area (Å²) in [5, 5.41) is 10.9. The number of benzene rings is 1. The van der Waals surface area contributed by atoms with Gasteiger partial charge in [0.05, 0.1) is 17.5 Å². The lowest BCUT2D eigenvalue weighted by Crippen LogP contribution is -2.44. The highest BCUT2D eigenvalue weighted by molar-refractivity contribution is 5.65. The van der Waals surface area contributed by atoms with Gasteiger partial charge in [0.1, 0.15) is 12.0 Å². The van der Waals surface area contributed by atoms with Crippen molar-refractivity contribution in [3.8, 4) is 11.3 Å². The average Bonchev–Trinajstić information content (AvgIpc) is 3.10. The topological polar surface area (TPSA) is 54.2 Å². The third-order valence-corrected chi connectivity index (χ3v) is 5.63. The molecule has 1 aliphatic heterocycles. The van der Waals surface area contributed by atoms with E-state index in [9.17, 15) is 17.6 Å². The van der Waals surface area contributed by atoms with Crippen molar-refractivity contribution in [2.45, 2.75) is 38.7 Å². The Morgan fingerprint density at radius 3 is 2.80 bits per heavy atom. The number of nitrogens with one attached hydrogen (secondary N) is 2. The lowest BCUT2D eigenvalue weighted by atomic mass is 9.89. The first-order valence-electron chi connectivity index (χ1n) is 9.88. The number of imidazole rings is 1. The number of fused-ring (bicyclic) bond motifs is 1. The first-order valence-corrected chi connectivity index (χ1v) is 9.88. The number of halogens is 4. The highest BCUT2D eigenvalue weighted by Crippen LogP contribution is 2.32. The van der Waals surface area contributed by atoms with Crippen LogP contribution in [0.5, 0.6) is 0 Å². The van der Waals surface area contributed by atoms with Gasteiger partial charge in [-0.3, -0.25) is 0 Å². The highest BCUT2D eigenvalue weighted by Gasteiger charge is 2.31. The Balaban J connectivity index is 1.68. The van der Waals surface area contributed by atoms with Crippen LogP contribution in [-0.4, -0.2) is 39.9 Å². The molecular weight excluding hydrogens is 398 g/mol. The minimum absolute atomic E-state index is 0.145. The van der Waals surface area contributed by atoms with Crippen LogP contribution in [0.2, 0.25) is 0 Å². The van der Waals surface area contributed by atoms with Gasteiger partial charge in [-0.15, -0.1) is 5.10 Å². The van der Waals surface area contributed by atoms with Crippen LogP contribution in [0.4, 0.5) is 23.4 Å². The molecule has 0 bridgehead atoms. The van der Waals surface area contributed by atoms with Gasteiger partial charge >= 0.3 is 6.18 Å². The average molecular weight is 421 g/mol. The highest BCUT2D eigenvalue weighted by atomic mass is 19.4. The fourth-order valence-corrected chi connectivity index (χ4v) is 3.93. The lowest BCUT2D eigenvalue weighted by molar-refractivity contribution is -0.137. The normalized spacial score (nSPS) is 21.0. The van der Waals surface area contributed by atoms with Crippen LogP contribution >= 0.6 is 0 Å². The van der Waals surface area contributed by atoms with E-state index in [0.29, 0.717) is 29.3 Å². The molecule has 1 aliphatic rings. The molecule has 4 rings (SSSR count). The Morgan fingerprint density at radius 1 is 1.27 bits per heavy atom. The third kappa shape index (κ3) is 3.98. The molecule has 0 saturated carbocycles. The molecule has 1 aromatic carbocycles. The summed E-state index contributed by atoms with van der Waals surface area (Å²) in [5.74, 6) is 0.417. The maximum Gasteiger partial charge on any atom is 0.416 e. The van der Waals surface area contributed by atoms with Crippen LogP contribution in [0.15, 0.2) is 36.5 Å². The number of anilines is 1. The number of nitrogens with zero attached hydrogens (tertiary/aromatic N) is 3. The summed E-state index contributed by atoms with van der Waals surface area (Å²) in [6, 6.07) is 6.75. The summed E-state index contributed by atoms with van der Waals surface area (Å²) in [7, 11) is 0. The minimum atomic E-state index is -4.43. The second-order valence-electron chi connectivity index (χ2n) is 7.77. The fourth-order valence-electron chi connectivity index (χ4n) is 3.93. The molecule has 3 heterocycles. The fraction of sp³-hybridized carbons (Fsp3) is 0.429. The predicted octanol–water partition coefficient (Wildman–Crippen LogP) is 4.47. The molecule has 0 aliphatic carbocycles. The molecule has 0 spiro atoms. The van der Waals surface area contributed by atoms with E-state index in [-0.39, 0.29) is 12.0 Å². The molecule has 2 N–H and O–H groups in total. The van der Waals surface area contributed by atoms with Crippen LogP contribution in [0.1, 0.15) is 24.5 Å². The number of aryl methyl sites for hydroxylation is 1. The van der Waals surface area contributed by atoms with Gasteiger partial charge in [0, 0.05) is 24.1 Å². The van der Waals surface area contributed by atoms with E-state index in [1.807, 2.05) is 19.9 Å². The first kappa shape index (κ1) is 20.6. The number of piperidine rings is 1. The van der Waals surface area contributed by atoms with Crippen LogP contribution in [0.25, 0.3) is 16.9 Å². The Kier molecular flexibility index (Phi) is 5.40. The second-order valence-corrected chi connectivity index (χ2v) is 7.77. The van der Waals surface area contributed by atoms with Crippen LogP contribution in [-0.2, 0) is 6.18 Å². The molecule has 1 saturated heterocycles. The number of hydrogen-bond acceptors (Lipinski definition) is 4. The molecule has 1 fully saturated rings. The van der Waals surface area contributed by atoms with Crippen molar-refractivity contribution in [2.75, 3.05) is 18.4 Å². The lowest BCUT2D eigenvalue weighted by Gasteiger charge is -2.32. The van der Waals surface area contributed by atoms with Crippen molar-refractivity contribution in [3.63, 3.8) is 0 Å². The Hall–Kier alpha value is -2.68. The quantitative estimate of drug-likeness (QED) is 0.611. The zero-order valence-corrected chi connectivity index (χ0v) is 16.7. The molecule has 0 radical (unpaired) electrons. The third-order valence-electron chi connectivity index (χ3n) is 5.63. The standard InChI is InChI=1S/C21H23F4N5/c1-12-8-19-27-11-18(14-4-3-5-15(9-14)21(23,24)25)30(19)29-20(12)28-13(2)16-6-7-26-10-17(16)22/h3-5,8-9,11,13,16-17,26H,6-7,10H2,1-2H3,(H,28,29). The first-order chi connectivity index (χ1) is 14.2. The van der Waals surface area contributed by atoms with Crippen molar-refractivity contribution in [1.29, 1.82) is 0 Å². The smallest absolute Gasteiger partial charge is 0.366 e. The summed E-state index contributed by atoms with van der Waals surface area (Å²) in [6.45, 7) is 4.90. The number of alkyl halides is 4. The summed E-state index contributed by atoms with van der Waals surface area (Å²) < 4.78 is 55.1. The van der Waals surface area contributed by atoms with Crippen molar-refractivity contribution >= 4 is 11.5 Å². The Morgan fingerprint density at radius 2 is 2.07 bits per heavy atom. The predicted molar refractivity (Wildman–Crippen MR) is 107 cm³/mol. The molecule has 5 nitrogen and oxygen atoms in total. The van der Waals surface area contributed by atoms with Gasteiger partial charge in [0.25, 0.3) is 0 Å². The molecule has 160 valence electrons. The van der Waals surface area contributed by atoms with Crippen molar-refractivity contribution in [1.82, 2.24) is 19.9 Å². The van der Waals surface area contributed by atoms with E-state index in [2.05, 4.69) is 20.7 Å². The summed E-state index contributed by atoms with van der Waals surface area (Å²) in [4.78, 5) is 4.29. The molecular formula is C21H23F4N5. The molecule has 2 aromatic heterocycles. The van der Waals surface area contributed by atoms with Gasteiger partial charge in [0.15, 0.2) is 5.65 Å². The summed E-state index contributed by atoms with van der Waals surface area (Å²) >= 11 is 0. The summed E-state index contributed by atoms with van der Waals surface area (Å²) in [5.41, 5.74) is 1.46. The van der Waals surface area contributed by atoms with E-state index in [1.165, 1.54) is 16.8 Å². The largest absolute Gasteiger partial charge is 0.416 e. The van der Waals surface area contributed by atoms with Crippen molar-refractivity contribution < 1.29 is 17.6 Å². The van der Waals surface area contributed by atoms with E-state index in [1.54, 1.807) is 6.07 Å². The van der Waals surface area contributed by atoms with Crippen LogP contribution < -0.4 is 10.6 Å². The molecule has 3 atom stereocenters. The van der Waals surface area contributed by atoms with E-state index in [0.717, 1.165) is 30.7 Å². The molecule has 9 heteroatoms. The zero-order valence-electron chi connectivity index (χ0n) is 16.7. The van der Waals surface area contributed by atoms with E-state index < -0.39 is 17.9 Å². The van der Waals surface area contributed by atoms with E-state index >= 15 is 0 Å². The second kappa shape index (κ2) is 7.86. The number of hydrogen-bond donors (Lipinski definition) is 2. The maximum atomic E-state index is 14.3. The summed E-state index contributed by atoms with van der Waals surface area (Å²) in [6.07, 6.45) is -3.15. The maximum absolute atomic E-state index is 14.3. The van der Waals surface area contributed by atoms with Gasteiger partial charge in [-0.2, -0.15) is 13.2 Å². The van der Waals surface area contributed by atoms with Gasteiger partial charge < -0.3 is 10.6 Å². The van der Waals surface area contributed by atoms with Crippen LogP contribution in [0, 0.1) is 12.8 Å². The molecule has 0 amide bonds. The van der Waals surface area contributed by atoms with Gasteiger partial charge in [-0.1, -0.05) is 12.1 Å². The Labute approximate surface area is 171 Å². The van der Waals surface area contributed by atoms with Crippen molar-refractivity contribution in [2.24, 2.45) is 5.92 Å². The molecule has 3 unspecified atom stereocenters. The van der Waals surface area contributed by atoms with Gasteiger partial charge in [0.2, 0.25) is 0 Å². The van der Waals surface area contributed by atoms with Gasteiger partial charge in [-0.05, 0) is 50.6 Å². The SMILES string of the molecule is Cc1cc2ncc(-c3cccc(C(F)(F)F)c3)n2nc1NC(C)C1CCNCC1F. The molecule has 30 heavy (non-hydrogen) atoms. The van der Waals surface area contributed by atoms with Crippen molar-refractivity contribution in [3.05, 3.63) is 47.7 Å². The van der Waals surface area contributed by atoms with Crippen LogP contribution in [0.3, 0.4) is 0 Å². The molecule has 3 aromatic rings. The number of aromatic nitrogens is 3. The number of rotatable bonds is 4. The zero-order chi connectivity index (χ0) is 21.5. The minimum Gasteiger partial charge on any atom is -0.366 e. The van der Waals surface area contributed by atoms with Gasteiger partial charge in [-0.25, -0.2) is 13.9 Å². The van der Waals surface area contributed by atoms with E-state index in [4.69, 9.17) is 0 Å². The Bertz CT molecular complexity index is 1050. The monoisotopic (exact) mass is 421 g/mol.